The highest BCUT2D eigenvalue weighted by Gasteiger charge is 2.13. The van der Waals surface area contributed by atoms with E-state index in [1.807, 2.05) is 62.4 Å². The van der Waals surface area contributed by atoms with E-state index in [1.54, 1.807) is 12.1 Å². The van der Waals surface area contributed by atoms with Gasteiger partial charge in [0, 0.05) is 10.7 Å². The van der Waals surface area contributed by atoms with Crippen LogP contribution < -0.4 is 10.1 Å². The van der Waals surface area contributed by atoms with Crippen molar-refractivity contribution in [3.63, 3.8) is 0 Å². The molecule has 3 aromatic rings. The van der Waals surface area contributed by atoms with E-state index in [0.717, 1.165) is 22.4 Å². The first-order valence-corrected chi connectivity index (χ1v) is 8.75. The Bertz CT molecular complexity index is 899. The molecular weight excluding hydrogens is 346 g/mol. The summed E-state index contributed by atoms with van der Waals surface area (Å²) in [5.41, 5.74) is 4.47. The molecule has 0 spiro atoms. The van der Waals surface area contributed by atoms with E-state index < -0.39 is 0 Å². The Morgan fingerprint density at radius 2 is 1.62 bits per heavy atom. The number of hydrogen-bond acceptors (Lipinski definition) is 2. The zero-order valence-corrected chi connectivity index (χ0v) is 15.5. The van der Waals surface area contributed by atoms with Crippen molar-refractivity contribution < 1.29 is 9.53 Å². The molecule has 0 fully saturated rings. The first-order valence-electron chi connectivity index (χ1n) is 8.37. The molecule has 0 atom stereocenters. The highest BCUT2D eigenvalue weighted by atomic mass is 35.5. The minimum atomic E-state index is -0.193. The molecule has 0 aromatic heterocycles. The molecule has 0 saturated heterocycles. The SMILES string of the molecule is Cc1cc(C)cc(NC(=O)c2ccccc2OCc2ccc(Cl)cc2)c1. The molecule has 3 rings (SSSR count). The van der Waals surface area contributed by atoms with Gasteiger partial charge in [0.15, 0.2) is 0 Å². The summed E-state index contributed by atoms with van der Waals surface area (Å²) < 4.78 is 5.87. The molecule has 3 nitrogen and oxygen atoms in total. The predicted molar refractivity (Wildman–Crippen MR) is 106 cm³/mol. The van der Waals surface area contributed by atoms with Crippen LogP contribution in [0.25, 0.3) is 0 Å². The highest BCUT2D eigenvalue weighted by molar-refractivity contribution is 6.30. The van der Waals surface area contributed by atoms with Crippen molar-refractivity contribution in [3.8, 4) is 5.75 Å². The number of benzene rings is 3. The number of anilines is 1. The number of nitrogens with one attached hydrogen (secondary N) is 1. The number of carbonyl (C=O) groups is 1. The van der Waals surface area contributed by atoms with E-state index in [-0.39, 0.29) is 5.91 Å². The number of para-hydroxylation sites is 1. The molecule has 0 bridgehead atoms. The fourth-order valence-electron chi connectivity index (χ4n) is 2.77. The molecule has 4 heteroatoms. The Hall–Kier alpha value is -2.78. The van der Waals surface area contributed by atoms with Crippen molar-refractivity contribution in [3.05, 3.63) is 94.0 Å². The maximum Gasteiger partial charge on any atom is 0.259 e. The van der Waals surface area contributed by atoms with Gasteiger partial charge in [-0.1, -0.05) is 41.9 Å². The number of carbonyl (C=O) groups excluding carboxylic acids is 1. The average Bonchev–Trinajstić information content (AvgIpc) is 2.60. The fourth-order valence-corrected chi connectivity index (χ4v) is 2.89. The van der Waals surface area contributed by atoms with Gasteiger partial charge in [-0.25, -0.2) is 0 Å². The first-order chi connectivity index (χ1) is 12.5. The van der Waals surface area contributed by atoms with Crippen LogP contribution in [0, 0.1) is 13.8 Å². The lowest BCUT2D eigenvalue weighted by Crippen LogP contribution is -2.14. The molecule has 0 radical (unpaired) electrons. The van der Waals surface area contributed by atoms with Crippen LogP contribution in [0.4, 0.5) is 5.69 Å². The summed E-state index contributed by atoms with van der Waals surface area (Å²) in [7, 11) is 0. The van der Waals surface area contributed by atoms with Crippen LogP contribution in [0.3, 0.4) is 0 Å². The van der Waals surface area contributed by atoms with Crippen molar-refractivity contribution in [1.82, 2.24) is 0 Å². The van der Waals surface area contributed by atoms with Crippen molar-refractivity contribution >= 4 is 23.2 Å². The smallest absolute Gasteiger partial charge is 0.259 e. The van der Waals surface area contributed by atoms with E-state index in [4.69, 9.17) is 16.3 Å². The lowest BCUT2D eigenvalue weighted by atomic mass is 10.1. The standard InChI is InChI=1S/C22H20ClNO2/c1-15-11-16(2)13-19(12-15)24-22(25)20-5-3-4-6-21(20)26-14-17-7-9-18(23)10-8-17/h3-13H,14H2,1-2H3,(H,24,25). The number of aryl methyl sites for hydroxylation is 2. The van der Waals surface area contributed by atoms with Gasteiger partial charge < -0.3 is 10.1 Å². The molecule has 26 heavy (non-hydrogen) atoms. The van der Waals surface area contributed by atoms with Gasteiger partial charge in [-0.05, 0) is 66.9 Å². The second kappa shape index (κ2) is 8.07. The predicted octanol–water partition coefficient (Wildman–Crippen LogP) is 5.79. The summed E-state index contributed by atoms with van der Waals surface area (Å²) in [5.74, 6) is 0.353. The number of amides is 1. The zero-order chi connectivity index (χ0) is 18.5. The largest absolute Gasteiger partial charge is 0.488 e. The summed E-state index contributed by atoms with van der Waals surface area (Å²) >= 11 is 5.90. The van der Waals surface area contributed by atoms with Gasteiger partial charge in [0.25, 0.3) is 5.91 Å². The summed E-state index contributed by atoms with van der Waals surface area (Å²) in [5, 5.41) is 3.63. The van der Waals surface area contributed by atoms with Gasteiger partial charge >= 0.3 is 0 Å². The molecule has 1 N–H and O–H groups in total. The number of rotatable bonds is 5. The van der Waals surface area contributed by atoms with Crippen LogP contribution in [-0.2, 0) is 6.61 Å². The van der Waals surface area contributed by atoms with Crippen LogP contribution in [0.2, 0.25) is 5.02 Å². The quantitative estimate of drug-likeness (QED) is 0.621. The second-order valence-corrected chi connectivity index (χ2v) is 6.68. The second-order valence-electron chi connectivity index (χ2n) is 6.24. The Kier molecular flexibility index (Phi) is 5.59. The molecule has 0 saturated carbocycles. The monoisotopic (exact) mass is 365 g/mol. The molecule has 3 aromatic carbocycles. The number of hydrogen-bond donors (Lipinski definition) is 1. The Morgan fingerprint density at radius 1 is 0.962 bits per heavy atom. The van der Waals surface area contributed by atoms with E-state index in [1.165, 1.54) is 0 Å². The third-order valence-electron chi connectivity index (χ3n) is 3.92. The van der Waals surface area contributed by atoms with Gasteiger partial charge in [-0.2, -0.15) is 0 Å². The summed E-state index contributed by atoms with van der Waals surface area (Å²) in [6, 6.07) is 20.6. The van der Waals surface area contributed by atoms with Crippen molar-refractivity contribution in [1.29, 1.82) is 0 Å². The zero-order valence-electron chi connectivity index (χ0n) is 14.8. The molecule has 0 aliphatic carbocycles. The van der Waals surface area contributed by atoms with Crippen LogP contribution >= 0.6 is 11.6 Å². The number of halogens is 1. The third kappa shape index (κ3) is 4.64. The molecular formula is C22H20ClNO2. The molecule has 0 aliphatic heterocycles. The van der Waals surface area contributed by atoms with E-state index in [9.17, 15) is 4.79 Å². The maximum atomic E-state index is 12.7. The first kappa shape index (κ1) is 18.0. The molecule has 132 valence electrons. The molecule has 1 amide bonds. The molecule has 0 aliphatic rings. The van der Waals surface area contributed by atoms with E-state index in [2.05, 4.69) is 11.4 Å². The third-order valence-corrected chi connectivity index (χ3v) is 4.17. The van der Waals surface area contributed by atoms with Gasteiger partial charge in [0.2, 0.25) is 0 Å². The van der Waals surface area contributed by atoms with Gasteiger partial charge in [-0.15, -0.1) is 0 Å². The lowest BCUT2D eigenvalue weighted by Gasteiger charge is -2.12. The van der Waals surface area contributed by atoms with E-state index >= 15 is 0 Å². The Balaban J connectivity index is 1.75. The van der Waals surface area contributed by atoms with Crippen LogP contribution in [0.15, 0.2) is 66.7 Å². The maximum absolute atomic E-state index is 12.7. The van der Waals surface area contributed by atoms with Crippen LogP contribution in [-0.4, -0.2) is 5.91 Å². The topological polar surface area (TPSA) is 38.3 Å². The van der Waals surface area contributed by atoms with Gasteiger partial charge in [0.1, 0.15) is 12.4 Å². The van der Waals surface area contributed by atoms with Gasteiger partial charge in [-0.3, -0.25) is 4.79 Å². The minimum absolute atomic E-state index is 0.193. The Morgan fingerprint density at radius 3 is 2.31 bits per heavy atom. The highest BCUT2D eigenvalue weighted by Crippen LogP contribution is 2.22. The van der Waals surface area contributed by atoms with Crippen LogP contribution in [0.5, 0.6) is 5.75 Å². The summed E-state index contributed by atoms with van der Waals surface area (Å²) in [6.45, 7) is 4.38. The lowest BCUT2D eigenvalue weighted by molar-refractivity contribution is 0.102. The van der Waals surface area contributed by atoms with E-state index in [0.29, 0.717) is 22.9 Å². The number of ether oxygens (including phenoxy) is 1. The fraction of sp³-hybridized carbons (Fsp3) is 0.136. The average molecular weight is 366 g/mol. The normalized spacial score (nSPS) is 10.4. The van der Waals surface area contributed by atoms with Crippen LogP contribution in [0.1, 0.15) is 27.0 Å². The van der Waals surface area contributed by atoms with Crippen molar-refractivity contribution in [2.75, 3.05) is 5.32 Å². The van der Waals surface area contributed by atoms with Crippen molar-refractivity contribution in [2.45, 2.75) is 20.5 Å². The molecule has 0 unspecified atom stereocenters. The Labute approximate surface area is 158 Å². The molecule has 0 heterocycles. The van der Waals surface area contributed by atoms with Crippen molar-refractivity contribution in [2.24, 2.45) is 0 Å². The summed E-state index contributed by atoms with van der Waals surface area (Å²) in [6.07, 6.45) is 0. The summed E-state index contributed by atoms with van der Waals surface area (Å²) in [4.78, 5) is 12.7. The minimum Gasteiger partial charge on any atom is -0.488 e. The van der Waals surface area contributed by atoms with Gasteiger partial charge in [0.05, 0.1) is 5.56 Å².